The molecule has 0 atom stereocenters. The highest BCUT2D eigenvalue weighted by Gasteiger charge is 2.38. The molecule has 0 aromatic heterocycles. The largest absolute Gasteiger partial charge is 0.463 e. The molecule has 0 aromatic rings. The summed E-state index contributed by atoms with van der Waals surface area (Å²) in [6.07, 6.45) is -0.755. The maximum Gasteiger partial charge on any atom is 0.420 e. The molecule has 0 aromatic carbocycles. The molecule has 0 saturated carbocycles. The van der Waals surface area contributed by atoms with Gasteiger partial charge in [-0.05, 0) is 13.3 Å². The van der Waals surface area contributed by atoms with Crippen LogP contribution >= 0.6 is 0 Å². The third-order valence-corrected chi connectivity index (χ3v) is 2.66. The average Bonchev–Trinajstić information content (AvgIpc) is 2.34. The lowest BCUT2D eigenvalue weighted by Crippen LogP contribution is -2.22. The maximum absolute atomic E-state index is 12.7. The fourth-order valence-corrected chi connectivity index (χ4v) is 1.65. The Morgan fingerprint density at radius 1 is 1.05 bits per heavy atom. The molecule has 0 amide bonds. The topological polar surface area (TPSA) is 43.4 Å². The highest BCUT2D eigenvalue weighted by atomic mass is 19.4. The van der Waals surface area contributed by atoms with Crippen molar-refractivity contribution in [2.45, 2.75) is 58.5 Å². The van der Waals surface area contributed by atoms with Crippen LogP contribution in [0.4, 0.5) is 13.2 Å². The van der Waals surface area contributed by atoms with Crippen molar-refractivity contribution >= 4 is 11.8 Å². The molecule has 0 saturated heterocycles. The second kappa shape index (κ2) is 9.55. The summed E-state index contributed by atoms with van der Waals surface area (Å²) in [7, 11) is 0. The van der Waals surface area contributed by atoms with Crippen LogP contribution in [-0.2, 0) is 14.3 Å². The second-order valence-electron chi connectivity index (χ2n) is 4.40. The number of carbonyl (C=O) groups is 2. The molecule has 116 valence electrons. The first-order valence-corrected chi connectivity index (χ1v) is 6.81. The molecule has 0 radical (unpaired) electrons. The van der Waals surface area contributed by atoms with Crippen LogP contribution in [0.15, 0.2) is 11.6 Å². The van der Waals surface area contributed by atoms with E-state index in [-0.39, 0.29) is 19.1 Å². The quantitative estimate of drug-likeness (QED) is 0.367. The molecular formula is C14H21F3O3. The number of unbranched alkanes of at least 4 members (excludes halogenated alkanes) is 4. The molecule has 0 rings (SSSR count). The van der Waals surface area contributed by atoms with Crippen molar-refractivity contribution in [3.63, 3.8) is 0 Å². The molecule has 0 bridgehead atoms. The minimum absolute atomic E-state index is 0.0360. The van der Waals surface area contributed by atoms with E-state index in [0.29, 0.717) is 12.8 Å². The third kappa shape index (κ3) is 7.96. The first-order chi connectivity index (χ1) is 9.32. The Labute approximate surface area is 117 Å². The van der Waals surface area contributed by atoms with Crippen LogP contribution in [0.2, 0.25) is 0 Å². The number of hydrogen-bond acceptors (Lipinski definition) is 3. The van der Waals surface area contributed by atoms with Gasteiger partial charge in [0.2, 0.25) is 0 Å². The zero-order chi connectivity index (χ0) is 15.6. The summed E-state index contributed by atoms with van der Waals surface area (Å²) in [6, 6.07) is 0. The van der Waals surface area contributed by atoms with Crippen molar-refractivity contribution in [3.8, 4) is 0 Å². The van der Waals surface area contributed by atoms with E-state index in [1.807, 2.05) is 6.92 Å². The zero-order valence-electron chi connectivity index (χ0n) is 11.9. The summed E-state index contributed by atoms with van der Waals surface area (Å²) in [6.45, 7) is 3.47. The normalized spacial score (nSPS) is 12.3. The number of rotatable bonds is 9. The van der Waals surface area contributed by atoms with Gasteiger partial charge in [-0.3, -0.25) is 4.79 Å². The van der Waals surface area contributed by atoms with Gasteiger partial charge in [0.15, 0.2) is 5.78 Å². The van der Waals surface area contributed by atoms with E-state index >= 15 is 0 Å². The van der Waals surface area contributed by atoms with Gasteiger partial charge in [0, 0.05) is 12.5 Å². The van der Waals surface area contributed by atoms with E-state index < -0.39 is 23.5 Å². The summed E-state index contributed by atoms with van der Waals surface area (Å²) >= 11 is 0. The van der Waals surface area contributed by atoms with Crippen LogP contribution in [-0.4, -0.2) is 24.5 Å². The molecule has 0 N–H and O–H groups in total. The van der Waals surface area contributed by atoms with E-state index in [0.717, 1.165) is 19.3 Å². The highest BCUT2D eigenvalue weighted by molar-refractivity contribution is 6.01. The van der Waals surface area contributed by atoms with Crippen molar-refractivity contribution in [2.75, 3.05) is 6.61 Å². The van der Waals surface area contributed by atoms with E-state index in [1.165, 1.54) is 6.92 Å². The standard InChI is InChI=1S/C14H21F3O3/c1-3-5-6-7-8-9-12(18)11(14(15,16)17)10-13(19)20-4-2/h10H,3-9H2,1-2H3/b11-10-. The van der Waals surface area contributed by atoms with Crippen LogP contribution in [0.5, 0.6) is 0 Å². The van der Waals surface area contributed by atoms with Gasteiger partial charge in [-0.2, -0.15) is 13.2 Å². The predicted molar refractivity (Wildman–Crippen MR) is 69.2 cm³/mol. The number of carbonyl (C=O) groups excluding carboxylic acids is 2. The van der Waals surface area contributed by atoms with Crippen LogP contribution in [0.25, 0.3) is 0 Å². The van der Waals surface area contributed by atoms with Crippen molar-refractivity contribution in [2.24, 2.45) is 0 Å². The Balaban J connectivity index is 4.56. The lowest BCUT2D eigenvalue weighted by atomic mass is 10.0. The number of hydrogen-bond donors (Lipinski definition) is 0. The van der Waals surface area contributed by atoms with Crippen molar-refractivity contribution < 1.29 is 27.5 Å². The molecule has 0 aliphatic heterocycles. The Morgan fingerprint density at radius 3 is 2.15 bits per heavy atom. The number of alkyl halides is 3. The van der Waals surface area contributed by atoms with Gasteiger partial charge in [-0.25, -0.2) is 4.79 Å². The van der Waals surface area contributed by atoms with Gasteiger partial charge < -0.3 is 4.74 Å². The fraction of sp³-hybridized carbons (Fsp3) is 0.714. The van der Waals surface area contributed by atoms with E-state index in [1.54, 1.807) is 0 Å². The maximum atomic E-state index is 12.7. The summed E-state index contributed by atoms with van der Waals surface area (Å²) < 4.78 is 42.5. The molecule has 0 fully saturated rings. The van der Waals surface area contributed by atoms with Crippen molar-refractivity contribution in [1.29, 1.82) is 0 Å². The summed E-state index contributed by atoms with van der Waals surface area (Å²) in [5, 5.41) is 0. The van der Waals surface area contributed by atoms with E-state index in [4.69, 9.17) is 0 Å². The summed E-state index contributed by atoms with van der Waals surface area (Å²) in [5.74, 6) is -2.19. The lowest BCUT2D eigenvalue weighted by Gasteiger charge is -2.10. The number of ketones is 1. The lowest BCUT2D eigenvalue weighted by molar-refractivity contribution is -0.140. The molecule has 0 spiro atoms. The Morgan fingerprint density at radius 2 is 1.65 bits per heavy atom. The van der Waals surface area contributed by atoms with Gasteiger partial charge in [-0.1, -0.05) is 32.6 Å². The van der Waals surface area contributed by atoms with Crippen molar-refractivity contribution in [3.05, 3.63) is 11.6 Å². The SMILES string of the molecule is CCCCCCCC(=O)/C(=C/C(=O)OCC)C(F)(F)F. The van der Waals surface area contributed by atoms with Gasteiger partial charge in [0.1, 0.15) is 5.57 Å². The fourth-order valence-electron chi connectivity index (χ4n) is 1.65. The van der Waals surface area contributed by atoms with Gasteiger partial charge in [0.05, 0.1) is 6.61 Å². The van der Waals surface area contributed by atoms with Gasteiger partial charge in [0.25, 0.3) is 0 Å². The highest BCUT2D eigenvalue weighted by Crippen LogP contribution is 2.28. The number of allylic oxidation sites excluding steroid dienone is 1. The Hall–Kier alpha value is -1.33. The van der Waals surface area contributed by atoms with Crippen LogP contribution in [0.1, 0.15) is 52.4 Å². The molecule has 3 nitrogen and oxygen atoms in total. The van der Waals surface area contributed by atoms with Crippen LogP contribution in [0, 0.1) is 0 Å². The van der Waals surface area contributed by atoms with E-state index in [9.17, 15) is 22.8 Å². The molecule has 0 aliphatic carbocycles. The molecule has 0 unspecified atom stereocenters. The first-order valence-electron chi connectivity index (χ1n) is 6.81. The van der Waals surface area contributed by atoms with Crippen LogP contribution < -0.4 is 0 Å². The molecule has 0 heterocycles. The second-order valence-corrected chi connectivity index (χ2v) is 4.40. The minimum Gasteiger partial charge on any atom is -0.463 e. The van der Waals surface area contributed by atoms with Crippen molar-refractivity contribution in [1.82, 2.24) is 0 Å². The van der Waals surface area contributed by atoms with Gasteiger partial charge in [-0.15, -0.1) is 0 Å². The smallest absolute Gasteiger partial charge is 0.420 e. The van der Waals surface area contributed by atoms with Gasteiger partial charge >= 0.3 is 12.1 Å². The average molecular weight is 294 g/mol. The third-order valence-electron chi connectivity index (χ3n) is 2.66. The predicted octanol–water partition coefficient (Wildman–Crippen LogP) is 3.97. The number of Topliss-reactive ketones (excluding diaryl/α,β-unsaturated/α-hetero) is 1. The Bertz CT molecular complexity index is 346. The zero-order valence-corrected chi connectivity index (χ0v) is 11.9. The number of ether oxygens (including phenoxy) is 1. The summed E-state index contributed by atoms with van der Waals surface area (Å²) in [4.78, 5) is 22.6. The van der Waals surface area contributed by atoms with E-state index in [2.05, 4.69) is 4.74 Å². The molecular weight excluding hydrogens is 273 g/mol. The molecule has 20 heavy (non-hydrogen) atoms. The molecule has 0 aliphatic rings. The molecule has 6 heteroatoms. The first kappa shape index (κ1) is 18.7. The van der Waals surface area contributed by atoms with Crippen LogP contribution in [0.3, 0.4) is 0 Å². The summed E-state index contributed by atoms with van der Waals surface area (Å²) in [5.41, 5.74) is -1.42. The number of halogens is 3. The Kier molecular flexibility index (Phi) is 8.92. The number of esters is 1. The monoisotopic (exact) mass is 294 g/mol. The minimum atomic E-state index is -4.83.